The van der Waals surface area contributed by atoms with E-state index in [4.69, 9.17) is 22.1 Å². The number of rotatable bonds is 9. The third-order valence-corrected chi connectivity index (χ3v) is 6.45. The van der Waals surface area contributed by atoms with Crippen LogP contribution in [0.15, 0.2) is 30.6 Å². The van der Waals surface area contributed by atoms with Crippen LogP contribution in [0.3, 0.4) is 0 Å². The molecule has 0 amide bonds. The van der Waals surface area contributed by atoms with Gasteiger partial charge in [-0.25, -0.2) is 14.4 Å². The summed E-state index contributed by atoms with van der Waals surface area (Å²) < 4.78 is 19.7. The lowest BCUT2D eigenvalue weighted by Gasteiger charge is -2.44. The van der Waals surface area contributed by atoms with E-state index in [1.54, 1.807) is 27.0 Å². The molecule has 0 radical (unpaired) electrons. The molecular formula is C25H32ClFN8O2. The van der Waals surface area contributed by atoms with E-state index >= 15 is 0 Å². The highest BCUT2D eigenvalue weighted by molar-refractivity contribution is 6.31. The van der Waals surface area contributed by atoms with Crippen molar-refractivity contribution in [3.63, 3.8) is 0 Å². The van der Waals surface area contributed by atoms with Crippen molar-refractivity contribution in [1.82, 2.24) is 19.9 Å². The molecule has 2 aromatic carbocycles. The topological polar surface area (TPSA) is 125 Å². The summed E-state index contributed by atoms with van der Waals surface area (Å²) in [6, 6.07) is 6.66. The maximum atomic E-state index is 14.1. The van der Waals surface area contributed by atoms with E-state index in [-0.39, 0.29) is 16.9 Å². The van der Waals surface area contributed by atoms with E-state index < -0.39 is 11.4 Å². The molecule has 12 heteroatoms. The van der Waals surface area contributed by atoms with Crippen LogP contribution >= 0.6 is 11.6 Å². The number of nitrogens with zero attached hydrogens (tertiary/aromatic N) is 5. The number of aliphatic hydroxyl groups is 1. The number of anilines is 6. The lowest BCUT2D eigenvalue weighted by atomic mass is 9.96. The fourth-order valence-corrected chi connectivity index (χ4v) is 4.45. The Labute approximate surface area is 220 Å². The van der Waals surface area contributed by atoms with Gasteiger partial charge in [-0.1, -0.05) is 11.6 Å². The van der Waals surface area contributed by atoms with Gasteiger partial charge >= 0.3 is 0 Å². The predicted octanol–water partition coefficient (Wildman–Crippen LogP) is 4.11. The summed E-state index contributed by atoms with van der Waals surface area (Å²) in [7, 11) is 5.70. The van der Waals surface area contributed by atoms with Crippen LogP contribution < -0.4 is 26.0 Å². The average Bonchev–Trinajstić information content (AvgIpc) is 2.80. The fourth-order valence-electron chi connectivity index (χ4n) is 4.28. The highest BCUT2D eigenvalue weighted by atomic mass is 35.5. The Kier molecular flexibility index (Phi) is 7.58. The van der Waals surface area contributed by atoms with Crippen molar-refractivity contribution in [2.45, 2.75) is 31.9 Å². The molecule has 1 aromatic heterocycles. The standard InChI is InChI=1S/C25H32ClFN8O2/c1-25(2,36)15-8-17(27)16(26)9-19(15)31-23-29-13-30-24(33-23)32-20-10-18(28)21(11-22(20)37-5)35-7-6-14(35)12-34(3)4/h8-11,13-14,36H,6-7,12,28H2,1-5H3,(H2,29,30,31,32,33)/t14-/m1/s1. The van der Waals surface area contributed by atoms with E-state index in [0.717, 1.165) is 25.2 Å². The number of likely N-dealkylation sites (N-methyl/N-ethyl adjacent to an activating group) is 1. The number of nitrogens with two attached hydrogens (primary N) is 1. The highest BCUT2D eigenvalue weighted by Gasteiger charge is 2.30. The number of hydrogen-bond donors (Lipinski definition) is 4. The molecule has 1 saturated heterocycles. The minimum Gasteiger partial charge on any atom is -0.494 e. The third kappa shape index (κ3) is 5.95. The van der Waals surface area contributed by atoms with Gasteiger partial charge in [-0.2, -0.15) is 4.98 Å². The molecule has 0 aliphatic carbocycles. The van der Waals surface area contributed by atoms with Crippen LogP contribution in [0.25, 0.3) is 0 Å². The first kappa shape index (κ1) is 26.6. The molecule has 2 heterocycles. The number of hydrogen-bond acceptors (Lipinski definition) is 10. The summed E-state index contributed by atoms with van der Waals surface area (Å²) in [5, 5.41) is 16.5. The molecule has 1 atom stereocenters. The van der Waals surface area contributed by atoms with Gasteiger partial charge in [0.2, 0.25) is 11.9 Å². The monoisotopic (exact) mass is 530 g/mol. The summed E-state index contributed by atoms with van der Waals surface area (Å²) in [5.41, 5.74) is 7.88. The minimum atomic E-state index is -1.34. The van der Waals surface area contributed by atoms with Crippen molar-refractivity contribution in [1.29, 1.82) is 0 Å². The van der Waals surface area contributed by atoms with Crippen molar-refractivity contribution in [2.24, 2.45) is 0 Å². The first-order valence-corrected chi connectivity index (χ1v) is 12.2. The summed E-state index contributed by atoms with van der Waals surface area (Å²) in [6.07, 6.45) is 2.43. The van der Waals surface area contributed by atoms with Crippen molar-refractivity contribution in [3.05, 3.63) is 47.0 Å². The number of methoxy groups -OCH3 is 1. The van der Waals surface area contributed by atoms with Gasteiger partial charge in [0.25, 0.3) is 0 Å². The Morgan fingerprint density at radius 3 is 2.43 bits per heavy atom. The van der Waals surface area contributed by atoms with Crippen molar-refractivity contribution >= 4 is 46.2 Å². The lowest BCUT2D eigenvalue weighted by molar-refractivity contribution is 0.0790. The molecule has 0 bridgehead atoms. The molecule has 0 spiro atoms. The van der Waals surface area contributed by atoms with Crippen LogP contribution in [0.2, 0.25) is 5.02 Å². The Balaban J connectivity index is 1.58. The first-order valence-electron chi connectivity index (χ1n) is 11.8. The van der Waals surface area contributed by atoms with Crippen molar-refractivity contribution in [3.8, 4) is 5.75 Å². The van der Waals surface area contributed by atoms with Crippen LogP contribution in [0.4, 0.5) is 39.0 Å². The van der Waals surface area contributed by atoms with Crippen LogP contribution in [0, 0.1) is 5.82 Å². The number of nitrogen functional groups attached to an aromatic ring is 1. The van der Waals surface area contributed by atoms with Crippen molar-refractivity contribution in [2.75, 3.05) is 55.6 Å². The van der Waals surface area contributed by atoms with Gasteiger partial charge < -0.3 is 36.0 Å². The summed E-state index contributed by atoms with van der Waals surface area (Å²) in [4.78, 5) is 17.2. The van der Waals surface area contributed by atoms with E-state index in [1.165, 1.54) is 18.5 Å². The van der Waals surface area contributed by atoms with Gasteiger partial charge in [0.05, 0.1) is 34.8 Å². The average molecular weight is 531 g/mol. The number of nitrogens with one attached hydrogen (secondary N) is 2. The molecule has 198 valence electrons. The SMILES string of the molecule is COc1cc(N2CC[C@@H]2CN(C)C)c(N)cc1Nc1ncnc(Nc2cc(Cl)c(F)cc2C(C)(C)O)n1. The molecule has 10 nitrogen and oxygen atoms in total. The molecule has 4 rings (SSSR count). The number of aromatic nitrogens is 3. The zero-order valence-corrected chi connectivity index (χ0v) is 22.3. The number of benzene rings is 2. The second-order valence-corrected chi connectivity index (χ2v) is 10.2. The zero-order valence-electron chi connectivity index (χ0n) is 21.5. The van der Waals surface area contributed by atoms with Gasteiger partial charge in [-0.05, 0) is 52.6 Å². The second kappa shape index (κ2) is 10.5. The van der Waals surface area contributed by atoms with E-state index in [0.29, 0.717) is 34.4 Å². The largest absolute Gasteiger partial charge is 0.494 e. The maximum Gasteiger partial charge on any atom is 0.232 e. The van der Waals surface area contributed by atoms with Crippen LogP contribution in [-0.2, 0) is 5.60 Å². The van der Waals surface area contributed by atoms with Crippen molar-refractivity contribution < 1.29 is 14.2 Å². The van der Waals surface area contributed by atoms with Crippen LogP contribution in [0.1, 0.15) is 25.8 Å². The molecule has 1 aliphatic rings. The smallest absolute Gasteiger partial charge is 0.232 e. The minimum absolute atomic E-state index is 0.0989. The number of ether oxygens (including phenoxy) is 1. The van der Waals surface area contributed by atoms with Gasteiger partial charge in [0, 0.05) is 36.4 Å². The van der Waals surface area contributed by atoms with Gasteiger partial charge in [0.15, 0.2) is 0 Å². The Bertz CT molecular complexity index is 1280. The predicted molar refractivity (Wildman–Crippen MR) is 145 cm³/mol. The number of halogens is 2. The van der Waals surface area contributed by atoms with Gasteiger partial charge in [-0.3, -0.25) is 0 Å². The Hall–Kier alpha value is -3.41. The molecular weight excluding hydrogens is 499 g/mol. The molecule has 3 aromatic rings. The van der Waals surface area contributed by atoms with Crippen LogP contribution in [-0.4, -0.2) is 65.3 Å². The van der Waals surface area contributed by atoms with E-state index in [1.807, 2.05) is 6.07 Å². The summed E-state index contributed by atoms with van der Waals surface area (Å²) in [6.45, 7) is 4.97. The van der Waals surface area contributed by atoms with Gasteiger partial charge in [0.1, 0.15) is 17.9 Å². The molecule has 37 heavy (non-hydrogen) atoms. The van der Waals surface area contributed by atoms with Crippen LogP contribution in [0.5, 0.6) is 5.75 Å². The highest BCUT2D eigenvalue weighted by Crippen LogP contribution is 2.40. The summed E-state index contributed by atoms with van der Waals surface area (Å²) in [5.74, 6) is 0.350. The second-order valence-electron chi connectivity index (χ2n) is 9.76. The lowest BCUT2D eigenvalue weighted by Crippen LogP contribution is -2.52. The van der Waals surface area contributed by atoms with Gasteiger partial charge in [-0.15, -0.1) is 0 Å². The van der Waals surface area contributed by atoms with E-state index in [9.17, 15) is 9.50 Å². The first-order chi connectivity index (χ1) is 17.5. The zero-order chi connectivity index (χ0) is 26.9. The fraction of sp³-hybridized carbons (Fsp3) is 0.400. The maximum absolute atomic E-state index is 14.1. The quantitative estimate of drug-likeness (QED) is 0.300. The molecule has 0 saturated carbocycles. The Morgan fingerprint density at radius 1 is 1.19 bits per heavy atom. The van der Waals surface area contributed by atoms with E-state index in [2.05, 4.69) is 49.5 Å². The molecule has 1 aliphatic heterocycles. The molecule has 0 unspecified atom stereocenters. The molecule has 1 fully saturated rings. The molecule has 5 N–H and O–H groups in total. The summed E-state index contributed by atoms with van der Waals surface area (Å²) >= 11 is 5.98. The normalized spacial score (nSPS) is 15.5. The Morgan fingerprint density at radius 2 is 1.86 bits per heavy atom. The third-order valence-electron chi connectivity index (χ3n) is 6.16.